The lowest BCUT2D eigenvalue weighted by Gasteiger charge is -2.06. The van der Waals surface area contributed by atoms with Crippen LogP contribution < -0.4 is 11.1 Å². The molecular weight excluding hydrogens is 248 g/mol. The van der Waals surface area contributed by atoms with Crippen molar-refractivity contribution in [2.45, 2.75) is 4.90 Å². The third kappa shape index (κ3) is 1.61. The fourth-order valence-electron chi connectivity index (χ4n) is 1.61. The number of benzene rings is 1. The maximum absolute atomic E-state index is 11.9. The Kier molecular flexibility index (Phi) is 2.92. The summed E-state index contributed by atoms with van der Waals surface area (Å²) in [4.78, 5) is 0.250. The standard InChI is InChI=1S/C10H11ClN2O2S/c11-10-9(13-6-5-12)7-3-1-2-4-8(7)16(10,14)15/h1-4,13H,5-6,12H2. The molecule has 0 spiro atoms. The summed E-state index contributed by atoms with van der Waals surface area (Å²) >= 11 is 5.86. The Morgan fingerprint density at radius 2 is 2.00 bits per heavy atom. The lowest BCUT2D eigenvalue weighted by molar-refractivity contribution is 0.605. The van der Waals surface area contributed by atoms with Crippen molar-refractivity contribution >= 4 is 27.1 Å². The Labute approximate surface area is 99.0 Å². The van der Waals surface area contributed by atoms with Crippen molar-refractivity contribution in [3.8, 4) is 0 Å². The molecule has 6 heteroatoms. The molecule has 0 saturated carbocycles. The van der Waals surface area contributed by atoms with Gasteiger partial charge in [-0.05, 0) is 6.07 Å². The zero-order chi connectivity index (χ0) is 11.8. The number of nitrogens with one attached hydrogen (secondary N) is 1. The predicted octanol–water partition coefficient (Wildman–Crippen LogP) is 0.887. The SMILES string of the molecule is NCCNC1=C(Cl)S(=O)(=O)c2ccccc21. The molecule has 1 aromatic rings. The minimum absolute atomic E-state index is 0.151. The highest BCUT2D eigenvalue weighted by Crippen LogP contribution is 2.39. The van der Waals surface area contributed by atoms with Crippen molar-refractivity contribution in [2.24, 2.45) is 5.73 Å². The quantitative estimate of drug-likeness (QED) is 0.845. The number of halogens is 1. The highest BCUT2D eigenvalue weighted by Gasteiger charge is 2.34. The second kappa shape index (κ2) is 4.08. The van der Waals surface area contributed by atoms with Gasteiger partial charge in [0.25, 0.3) is 0 Å². The summed E-state index contributed by atoms with van der Waals surface area (Å²) in [5.41, 5.74) is 6.42. The zero-order valence-corrected chi connectivity index (χ0v) is 9.98. The van der Waals surface area contributed by atoms with E-state index >= 15 is 0 Å². The summed E-state index contributed by atoms with van der Waals surface area (Å²) in [6.07, 6.45) is 0. The molecule has 0 bridgehead atoms. The van der Waals surface area contributed by atoms with Gasteiger partial charge in [-0.3, -0.25) is 0 Å². The Bertz CT molecular complexity index is 552. The van der Waals surface area contributed by atoms with Gasteiger partial charge in [0, 0.05) is 18.7 Å². The molecule has 86 valence electrons. The number of fused-ring (bicyclic) bond motifs is 1. The van der Waals surface area contributed by atoms with E-state index in [-0.39, 0.29) is 9.26 Å². The van der Waals surface area contributed by atoms with Crippen LogP contribution in [0, 0.1) is 0 Å². The van der Waals surface area contributed by atoms with Crippen LogP contribution in [0.15, 0.2) is 33.5 Å². The maximum Gasteiger partial charge on any atom is 0.220 e. The molecule has 0 fully saturated rings. The van der Waals surface area contributed by atoms with E-state index in [1.165, 1.54) is 0 Å². The molecule has 1 heterocycles. The molecule has 2 rings (SSSR count). The lowest BCUT2D eigenvalue weighted by Crippen LogP contribution is -2.21. The fraction of sp³-hybridized carbons (Fsp3) is 0.200. The Morgan fingerprint density at radius 1 is 1.31 bits per heavy atom. The molecule has 0 atom stereocenters. The topological polar surface area (TPSA) is 72.2 Å². The number of rotatable bonds is 3. The molecule has 1 aliphatic heterocycles. The van der Waals surface area contributed by atoms with E-state index in [0.717, 1.165) is 0 Å². The lowest BCUT2D eigenvalue weighted by atomic mass is 10.2. The molecule has 0 aromatic heterocycles. The van der Waals surface area contributed by atoms with Crippen molar-refractivity contribution in [3.05, 3.63) is 34.2 Å². The summed E-state index contributed by atoms with van der Waals surface area (Å²) in [6, 6.07) is 6.71. The fourth-order valence-corrected chi connectivity index (χ4v) is 3.39. The van der Waals surface area contributed by atoms with Crippen LogP contribution in [0.1, 0.15) is 5.56 Å². The highest BCUT2D eigenvalue weighted by molar-refractivity contribution is 7.97. The first-order chi connectivity index (χ1) is 7.59. The van der Waals surface area contributed by atoms with Gasteiger partial charge < -0.3 is 11.1 Å². The normalized spacial score (nSPS) is 17.4. The van der Waals surface area contributed by atoms with Crippen LogP contribution in [-0.2, 0) is 9.84 Å². The van der Waals surface area contributed by atoms with Gasteiger partial charge in [-0.25, -0.2) is 8.42 Å². The predicted molar refractivity (Wildman–Crippen MR) is 63.5 cm³/mol. The number of sulfone groups is 1. The monoisotopic (exact) mass is 258 g/mol. The van der Waals surface area contributed by atoms with Gasteiger partial charge >= 0.3 is 0 Å². The molecule has 3 N–H and O–H groups in total. The smallest absolute Gasteiger partial charge is 0.220 e. The summed E-state index contributed by atoms with van der Waals surface area (Å²) in [5, 5.41) is 2.94. The molecular formula is C10H11ClN2O2S. The van der Waals surface area contributed by atoms with Crippen molar-refractivity contribution in [1.82, 2.24) is 5.32 Å². The van der Waals surface area contributed by atoms with Crippen molar-refractivity contribution in [2.75, 3.05) is 13.1 Å². The van der Waals surface area contributed by atoms with Gasteiger partial charge in [0.15, 0.2) is 4.36 Å². The molecule has 0 amide bonds. The molecule has 16 heavy (non-hydrogen) atoms. The van der Waals surface area contributed by atoms with Crippen molar-refractivity contribution < 1.29 is 8.42 Å². The molecule has 0 radical (unpaired) electrons. The summed E-state index contributed by atoms with van der Waals surface area (Å²) in [7, 11) is -3.52. The van der Waals surface area contributed by atoms with Crippen LogP contribution in [0.25, 0.3) is 5.70 Å². The summed E-state index contributed by atoms with van der Waals surface area (Å²) in [6.45, 7) is 0.894. The average Bonchev–Trinajstić information content (AvgIpc) is 2.47. The van der Waals surface area contributed by atoms with Gasteiger partial charge in [-0.2, -0.15) is 0 Å². The van der Waals surface area contributed by atoms with Crippen LogP contribution in [0.2, 0.25) is 0 Å². The van der Waals surface area contributed by atoms with Gasteiger partial charge in [-0.1, -0.05) is 29.8 Å². The number of hydrogen-bond donors (Lipinski definition) is 2. The van der Waals surface area contributed by atoms with E-state index in [0.29, 0.717) is 24.4 Å². The largest absolute Gasteiger partial charge is 0.381 e. The van der Waals surface area contributed by atoms with Crippen molar-refractivity contribution in [1.29, 1.82) is 0 Å². The molecule has 0 aliphatic carbocycles. The van der Waals surface area contributed by atoms with E-state index in [2.05, 4.69) is 5.32 Å². The Hall–Kier alpha value is -1.04. The second-order valence-electron chi connectivity index (χ2n) is 3.36. The van der Waals surface area contributed by atoms with Crippen LogP contribution in [0.5, 0.6) is 0 Å². The van der Waals surface area contributed by atoms with Gasteiger partial charge in [0.05, 0.1) is 10.6 Å². The van der Waals surface area contributed by atoms with Crippen LogP contribution in [-0.4, -0.2) is 21.5 Å². The van der Waals surface area contributed by atoms with Crippen molar-refractivity contribution in [3.63, 3.8) is 0 Å². The Balaban J connectivity index is 2.56. The van der Waals surface area contributed by atoms with E-state index < -0.39 is 9.84 Å². The summed E-state index contributed by atoms with van der Waals surface area (Å²) in [5.74, 6) is 0. The first-order valence-electron chi connectivity index (χ1n) is 4.77. The van der Waals surface area contributed by atoms with Gasteiger partial charge in [0.1, 0.15) is 0 Å². The van der Waals surface area contributed by atoms with Crippen LogP contribution in [0.4, 0.5) is 0 Å². The first-order valence-corrected chi connectivity index (χ1v) is 6.63. The highest BCUT2D eigenvalue weighted by atomic mass is 35.5. The van der Waals surface area contributed by atoms with E-state index in [4.69, 9.17) is 17.3 Å². The van der Waals surface area contributed by atoms with Crippen LogP contribution in [0.3, 0.4) is 0 Å². The molecule has 1 aromatic carbocycles. The Morgan fingerprint density at radius 3 is 2.69 bits per heavy atom. The molecule has 0 unspecified atom stereocenters. The molecule has 0 saturated heterocycles. The molecule has 4 nitrogen and oxygen atoms in total. The van der Waals surface area contributed by atoms with E-state index in [1.807, 2.05) is 0 Å². The zero-order valence-electron chi connectivity index (χ0n) is 8.40. The van der Waals surface area contributed by atoms with Gasteiger partial charge in [0.2, 0.25) is 9.84 Å². The minimum Gasteiger partial charge on any atom is -0.381 e. The maximum atomic E-state index is 11.9. The third-order valence-electron chi connectivity index (χ3n) is 2.32. The van der Waals surface area contributed by atoms with Crippen LogP contribution >= 0.6 is 11.6 Å². The second-order valence-corrected chi connectivity index (χ2v) is 5.82. The van der Waals surface area contributed by atoms with Gasteiger partial charge in [-0.15, -0.1) is 0 Å². The number of hydrogen-bond acceptors (Lipinski definition) is 4. The first kappa shape index (κ1) is 11.4. The molecule has 1 aliphatic rings. The summed E-state index contributed by atoms with van der Waals surface area (Å²) < 4.78 is 23.6. The van der Waals surface area contributed by atoms with E-state index in [9.17, 15) is 8.42 Å². The third-order valence-corrected chi connectivity index (χ3v) is 4.73. The van der Waals surface area contributed by atoms with E-state index in [1.54, 1.807) is 24.3 Å². The average molecular weight is 259 g/mol. The minimum atomic E-state index is -3.52. The number of nitrogens with two attached hydrogens (primary N) is 1.